The largest absolute Gasteiger partial charge is 0.468 e. The van der Waals surface area contributed by atoms with Crippen LogP contribution in [0.3, 0.4) is 0 Å². The minimum absolute atomic E-state index is 0.0463. The molecule has 1 aliphatic carbocycles. The molecule has 0 radical (unpaired) electrons. The summed E-state index contributed by atoms with van der Waals surface area (Å²) >= 11 is 0. The third-order valence-electron chi connectivity index (χ3n) is 5.87. The van der Waals surface area contributed by atoms with E-state index in [0.717, 1.165) is 24.8 Å². The van der Waals surface area contributed by atoms with Crippen LogP contribution >= 0.6 is 0 Å². The maximum atomic E-state index is 12.9. The lowest BCUT2D eigenvalue weighted by Gasteiger charge is -2.35. The summed E-state index contributed by atoms with van der Waals surface area (Å²) in [6, 6.07) is 16.0. The minimum Gasteiger partial charge on any atom is -0.468 e. The first-order chi connectivity index (χ1) is 13.7. The van der Waals surface area contributed by atoms with Gasteiger partial charge >= 0.3 is 5.97 Å². The monoisotopic (exact) mass is 378 g/mol. The van der Waals surface area contributed by atoms with Crippen molar-refractivity contribution in [3.05, 3.63) is 70.8 Å². The first-order valence-electron chi connectivity index (χ1n) is 9.91. The molecule has 0 bridgehead atoms. The molecule has 5 nitrogen and oxygen atoms in total. The van der Waals surface area contributed by atoms with Crippen LogP contribution in [0.4, 0.5) is 0 Å². The van der Waals surface area contributed by atoms with Gasteiger partial charge in [0.25, 0.3) is 0 Å². The van der Waals surface area contributed by atoms with E-state index < -0.39 is 6.04 Å². The molecule has 28 heavy (non-hydrogen) atoms. The van der Waals surface area contributed by atoms with E-state index in [1.165, 1.54) is 23.8 Å². The van der Waals surface area contributed by atoms with E-state index in [9.17, 15) is 9.59 Å². The first-order valence-corrected chi connectivity index (χ1v) is 9.91. The lowest BCUT2D eigenvalue weighted by atomic mass is 9.87. The fraction of sp³-hybridized carbons (Fsp3) is 0.391. The number of carbonyl (C=O) groups is 2. The summed E-state index contributed by atoms with van der Waals surface area (Å²) in [5.74, 6) is -0.333. The van der Waals surface area contributed by atoms with Gasteiger partial charge in [0.05, 0.1) is 19.7 Å². The Labute approximate surface area is 165 Å². The Hall–Kier alpha value is -2.66. The topological polar surface area (TPSA) is 58.6 Å². The summed E-state index contributed by atoms with van der Waals surface area (Å²) in [4.78, 5) is 27.1. The first kappa shape index (κ1) is 18.7. The SMILES string of the molecule is COC(=O)[C@@H]1Cc2ccccc2CN1CC(=O)N[C@@H]1CCCc2ccccc21. The molecule has 2 aromatic carbocycles. The lowest BCUT2D eigenvalue weighted by Crippen LogP contribution is -2.50. The van der Waals surface area contributed by atoms with Gasteiger partial charge in [-0.25, -0.2) is 0 Å². The van der Waals surface area contributed by atoms with Crippen LogP contribution in [0.15, 0.2) is 48.5 Å². The second kappa shape index (κ2) is 8.15. The number of hydrogen-bond donors (Lipinski definition) is 1. The van der Waals surface area contributed by atoms with Gasteiger partial charge in [0, 0.05) is 6.54 Å². The number of methoxy groups -OCH3 is 1. The second-order valence-corrected chi connectivity index (χ2v) is 7.63. The highest BCUT2D eigenvalue weighted by atomic mass is 16.5. The zero-order valence-electron chi connectivity index (χ0n) is 16.2. The number of nitrogens with one attached hydrogen (secondary N) is 1. The number of nitrogens with zero attached hydrogens (tertiary/aromatic N) is 1. The smallest absolute Gasteiger partial charge is 0.323 e. The van der Waals surface area contributed by atoms with Crippen molar-refractivity contribution >= 4 is 11.9 Å². The number of ether oxygens (including phenoxy) is 1. The zero-order chi connectivity index (χ0) is 19.5. The molecular formula is C23H26N2O3. The van der Waals surface area contributed by atoms with Gasteiger partial charge in [-0.3, -0.25) is 14.5 Å². The number of benzene rings is 2. The summed E-state index contributed by atoms with van der Waals surface area (Å²) in [6.45, 7) is 0.761. The van der Waals surface area contributed by atoms with Gasteiger partial charge < -0.3 is 10.1 Å². The average molecular weight is 378 g/mol. The van der Waals surface area contributed by atoms with Crippen LogP contribution in [0.2, 0.25) is 0 Å². The molecular weight excluding hydrogens is 352 g/mol. The van der Waals surface area contributed by atoms with Crippen molar-refractivity contribution in [3.8, 4) is 0 Å². The molecule has 1 N–H and O–H groups in total. The molecule has 1 heterocycles. The van der Waals surface area contributed by atoms with E-state index in [1.807, 2.05) is 29.2 Å². The van der Waals surface area contributed by atoms with E-state index in [1.54, 1.807) is 0 Å². The molecule has 5 heteroatoms. The molecule has 2 aliphatic rings. The average Bonchev–Trinajstić information content (AvgIpc) is 2.73. The van der Waals surface area contributed by atoms with Gasteiger partial charge in [-0.05, 0) is 47.9 Å². The minimum atomic E-state index is -0.427. The molecule has 4 rings (SSSR count). The highest BCUT2D eigenvalue weighted by molar-refractivity contribution is 5.81. The molecule has 0 fully saturated rings. The van der Waals surface area contributed by atoms with E-state index in [4.69, 9.17) is 4.74 Å². The van der Waals surface area contributed by atoms with Gasteiger partial charge in [0.15, 0.2) is 0 Å². The van der Waals surface area contributed by atoms with E-state index >= 15 is 0 Å². The number of amides is 1. The van der Waals surface area contributed by atoms with Crippen molar-refractivity contribution in [3.63, 3.8) is 0 Å². The van der Waals surface area contributed by atoms with Crippen molar-refractivity contribution in [1.82, 2.24) is 10.2 Å². The number of rotatable bonds is 4. The maximum Gasteiger partial charge on any atom is 0.323 e. The van der Waals surface area contributed by atoms with Crippen molar-refractivity contribution in [2.24, 2.45) is 0 Å². The predicted molar refractivity (Wildman–Crippen MR) is 107 cm³/mol. The van der Waals surface area contributed by atoms with Gasteiger partial charge in [-0.1, -0.05) is 48.5 Å². The van der Waals surface area contributed by atoms with Crippen LogP contribution < -0.4 is 5.32 Å². The Balaban J connectivity index is 1.48. The Morgan fingerprint density at radius 3 is 2.57 bits per heavy atom. The van der Waals surface area contributed by atoms with E-state index in [-0.39, 0.29) is 24.5 Å². The number of fused-ring (bicyclic) bond motifs is 2. The normalized spacial score (nSPS) is 21.3. The quantitative estimate of drug-likeness (QED) is 0.832. The van der Waals surface area contributed by atoms with Crippen LogP contribution in [0.5, 0.6) is 0 Å². The van der Waals surface area contributed by atoms with Crippen LogP contribution in [0, 0.1) is 0 Å². The Bertz CT molecular complexity index is 880. The van der Waals surface area contributed by atoms with Gasteiger partial charge in [0.1, 0.15) is 6.04 Å². The fourth-order valence-corrected chi connectivity index (χ4v) is 4.44. The molecule has 1 aliphatic heterocycles. The third kappa shape index (κ3) is 3.80. The van der Waals surface area contributed by atoms with Gasteiger partial charge in [-0.15, -0.1) is 0 Å². The lowest BCUT2D eigenvalue weighted by molar-refractivity contribution is -0.148. The summed E-state index contributed by atoms with van der Waals surface area (Å²) in [5, 5.41) is 3.19. The van der Waals surface area contributed by atoms with Crippen LogP contribution in [-0.2, 0) is 33.7 Å². The van der Waals surface area contributed by atoms with Crippen molar-refractivity contribution in [2.45, 2.75) is 44.3 Å². The Morgan fingerprint density at radius 1 is 1.07 bits per heavy atom. The number of aryl methyl sites for hydroxylation is 1. The fourth-order valence-electron chi connectivity index (χ4n) is 4.44. The summed E-state index contributed by atoms with van der Waals surface area (Å²) < 4.78 is 5.00. The van der Waals surface area contributed by atoms with Crippen molar-refractivity contribution < 1.29 is 14.3 Å². The molecule has 0 saturated heterocycles. The summed E-state index contributed by atoms with van der Waals surface area (Å²) in [7, 11) is 1.40. The van der Waals surface area contributed by atoms with Crippen LogP contribution in [0.1, 0.15) is 41.1 Å². The molecule has 0 unspecified atom stereocenters. The highest BCUT2D eigenvalue weighted by Crippen LogP contribution is 2.29. The molecule has 2 aromatic rings. The Kier molecular flexibility index (Phi) is 5.44. The number of hydrogen-bond acceptors (Lipinski definition) is 4. The van der Waals surface area contributed by atoms with E-state index in [0.29, 0.717) is 13.0 Å². The van der Waals surface area contributed by atoms with Crippen molar-refractivity contribution in [2.75, 3.05) is 13.7 Å². The van der Waals surface area contributed by atoms with Crippen LogP contribution in [0.25, 0.3) is 0 Å². The molecule has 146 valence electrons. The maximum absolute atomic E-state index is 12.9. The van der Waals surface area contributed by atoms with Crippen LogP contribution in [-0.4, -0.2) is 36.5 Å². The second-order valence-electron chi connectivity index (χ2n) is 7.63. The molecule has 0 spiro atoms. The number of esters is 1. The molecule has 1 amide bonds. The Morgan fingerprint density at radius 2 is 1.79 bits per heavy atom. The van der Waals surface area contributed by atoms with Crippen molar-refractivity contribution in [1.29, 1.82) is 0 Å². The standard InChI is InChI=1S/C23H26N2O3/c1-28-23(27)21-13-17-8-2-3-9-18(17)14-25(21)15-22(26)24-20-12-6-10-16-7-4-5-11-19(16)20/h2-5,7-9,11,20-21H,6,10,12-15H2,1H3,(H,24,26)/t20-,21+/m1/s1. The van der Waals surface area contributed by atoms with E-state index in [2.05, 4.69) is 29.6 Å². The molecule has 0 aromatic heterocycles. The van der Waals surface area contributed by atoms with Gasteiger partial charge in [0.2, 0.25) is 5.91 Å². The zero-order valence-corrected chi connectivity index (χ0v) is 16.2. The summed E-state index contributed by atoms with van der Waals surface area (Å²) in [6.07, 6.45) is 3.66. The molecule has 2 atom stereocenters. The molecule has 0 saturated carbocycles. The third-order valence-corrected chi connectivity index (χ3v) is 5.87. The van der Waals surface area contributed by atoms with Gasteiger partial charge in [-0.2, -0.15) is 0 Å². The number of carbonyl (C=O) groups excluding carboxylic acids is 2. The summed E-state index contributed by atoms with van der Waals surface area (Å²) in [5.41, 5.74) is 4.85. The highest BCUT2D eigenvalue weighted by Gasteiger charge is 2.33. The predicted octanol–water partition coefficient (Wildman–Crippen LogP) is 2.78.